The van der Waals surface area contributed by atoms with Crippen LogP contribution in [-0.4, -0.2) is 46.2 Å². The zero-order valence-electron chi connectivity index (χ0n) is 12.2. The number of hydrogen-bond donors (Lipinski definition) is 1. The molecule has 7 nitrogen and oxygen atoms in total. The van der Waals surface area contributed by atoms with Gasteiger partial charge in [-0.3, -0.25) is 4.79 Å². The van der Waals surface area contributed by atoms with Crippen molar-refractivity contribution in [2.45, 2.75) is 39.2 Å². The van der Waals surface area contributed by atoms with Crippen LogP contribution >= 0.6 is 0 Å². The first-order valence-corrected chi connectivity index (χ1v) is 7.02. The molecule has 1 aliphatic rings. The minimum atomic E-state index is -0.847. The zero-order chi connectivity index (χ0) is 15.4. The molecule has 114 valence electrons. The Balaban J connectivity index is 2.16. The van der Waals surface area contributed by atoms with E-state index >= 15 is 0 Å². The molecule has 2 rings (SSSR count). The molecule has 0 aliphatic heterocycles. The van der Waals surface area contributed by atoms with E-state index in [1.54, 1.807) is 13.8 Å². The molecule has 0 aromatic carbocycles. The molecular formula is C14H19N3O4. The van der Waals surface area contributed by atoms with Crippen molar-refractivity contribution in [3.05, 3.63) is 17.5 Å². The van der Waals surface area contributed by atoms with Gasteiger partial charge in [-0.1, -0.05) is 0 Å². The van der Waals surface area contributed by atoms with Gasteiger partial charge in [-0.25, -0.2) is 14.8 Å². The summed E-state index contributed by atoms with van der Waals surface area (Å²) in [4.78, 5) is 32.9. The lowest BCUT2D eigenvalue weighted by Crippen LogP contribution is -2.30. The summed E-state index contributed by atoms with van der Waals surface area (Å²) in [7, 11) is 0. The van der Waals surface area contributed by atoms with E-state index in [1.807, 2.05) is 4.90 Å². The Hall–Kier alpha value is -2.18. The van der Waals surface area contributed by atoms with Crippen LogP contribution in [0.15, 0.2) is 6.20 Å². The first kappa shape index (κ1) is 15.2. The lowest BCUT2D eigenvalue weighted by Gasteiger charge is -2.22. The molecule has 1 aliphatic carbocycles. The third-order valence-electron chi connectivity index (χ3n) is 3.27. The SMILES string of the molecule is CCOC(=O)c1cnc(N(CCC(=O)O)C2CC2)nc1C. The van der Waals surface area contributed by atoms with Crippen LogP contribution in [0, 0.1) is 6.92 Å². The van der Waals surface area contributed by atoms with E-state index in [0.717, 1.165) is 12.8 Å². The summed E-state index contributed by atoms with van der Waals surface area (Å²) >= 11 is 0. The molecule has 0 amide bonds. The fourth-order valence-corrected chi connectivity index (χ4v) is 2.05. The summed E-state index contributed by atoms with van der Waals surface area (Å²) in [6, 6.07) is 0.303. The minimum absolute atomic E-state index is 0.0402. The number of anilines is 1. The number of carbonyl (C=O) groups excluding carboxylic acids is 1. The summed E-state index contributed by atoms with van der Waals surface area (Å²) in [5, 5.41) is 8.81. The van der Waals surface area contributed by atoms with Gasteiger partial charge in [0.2, 0.25) is 5.95 Å². The average molecular weight is 293 g/mol. The van der Waals surface area contributed by atoms with E-state index in [2.05, 4.69) is 9.97 Å². The third-order valence-corrected chi connectivity index (χ3v) is 3.27. The summed E-state index contributed by atoms with van der Waals surface area (Å²) in [6.45, 7) is 4.13. The highest BCUT2D eigenvalue weighted by Crippen LogP contribution is 2.30. The quantitative estimate of drug-likeness (QED) is 0.759. The van der Waals surface area contributed by atoms with Crippen LogP contribution in [0.2, 0.25) is 0 Å². The van der Waals surface area contributed by atoms with Gasteiger partial charge in [0.1, 0.15) is 0 Å². The second-order valence-electron chi connectivity index (χ2n) is 4.96. The fourth-order valence-electron chi connectivity index (χ4n) is 2.05. The number of carboxylic acid groups (broad SMARTS) is 1. The summed E-state index contributed by atoms with van der Waals surface area (Å²) in [5.41, 5.74) is 0.883. The Morgan fingerprint density at radius 3 is 2.71 bits per heavy atom. The Labute approximate surface area is 123 Å². The van der Waals surface area contributed by atoms with Gasteiger partial charge in [0, 0.05) is 18.8 Å². The van der Waals surface area contributed by atoms with Crippen LogP contribution in [0.4, 0.5) is 5.95 Å². The van der Waals surface area contributed by atoms with Crippen molar-refractivity contribution in [2.75, 3.05) is 18.1 Å². The van der Waals surface area contributed by atoms with Gasteiger partial charge in [0.05, 0.1) is 24.3 Å². The maximum Gasteiger partial charge on any atom is 0.341 e. The smallest absolute Gasteiger partial charge is 0.341 e. The molecule has 0 atom stereocenters. The number of hydrogen-bond acceptors (Lipinski definition) is 6. The van der Waals surface area contributed by atoms with Crippen molar-refractivity contribution in [3.63, 3.8) is 0 Å². The lowest BCUT2D eigenvalue weighted by molar-refractivity contribution is -0.136. The number of aryl methyl sites for hydroxylation is 1. The molecule has 0 bridgehead atoms. The second kappa shape index (κ2) is 6.51. The van der Waals surface area contributed by atoms with E-state index < -0.39 is 11.9 Å². The Morgan fingerprint density at radius 1 is 1.48 bits per heavy atom. The Morgan fingerprint density at radius 2 is 2.19 bits per heavy atom. The van der Waals surface area contributed by atoms with Crippen molar-refractivity contribution < 1.29 is 19.4 Å². The predicted molar refractivity (Wildman–Crippen MR) is 75.3 cm³/mol. The molecule has 1 saturated carbocycles. The molecule has 0 unspecified atom stereocenters. The van der Waals surface area contributed by atoms with Gasteiger partial charge in [0.15, 0.2) is 0 Å². The Kier molecular flexibility index (Phi) is 4.72. The molecule has 1 aromatic heterocycles. The van der Waals surface area contributed by atoms with Gasteiger partial charge in [0.25, 0.3) is 0 Å². The van der Waals surface area contributed by atoms with E-state index in [0.29, 0.717) is 36.4 Å². The van der Waals surface area contributed by atoms with Gasteiger partial charge >= 0.3 is 11.9 Å². The molecule has 1 N–H and O–H groups in total. The van der Waals surface area contributed by atoms with Crippen LogP contribution in [0.3, 0.4) is 0 Å². The van der Waals surface area contributed by atoms with Crippen molar-refractivity contribution in [1.82, 2.24) is 9.97 Å². The molecular weight excluding hydrogens is 274 g/mol. The lowest BCUT2D eigenvalue weighted by atomic mass is 10.2. The van der Waals surface area contributed by atoms with Crippen molar-refractivity contribution in [2.24, 2.45) is 0 Å². The van der Waals surface area contributed by atoms with Crippen LogP contribution in [0.5, 0.6) is 0 Å². The summed E-state index contributed by atoms with van der Waals surface area (Å²) in [5.74, 6) is -0.810. The van der Waals surface area contributed by atoms with Crippen LogP contribution in [0.1, 0.15) is 42.2 Å². The standard InChI is InChI=1S/C14H19N3O4/c1-3-21-13(20)11-8-15-14(16-9(11)2)17(10-4-5-10)7-6-12(18)19/h8,10H,3-7H2,1-2H3,(H,18,19). The predicted octanol–water partition coefficient (Wildman–Crippen LogP) is 1.41. The summed E-state index contributed by atoms with van der Waals surface area (Å²) < 4.78 is 4.94. The number of aliphatic carboxylic acids is 1. The highest BCUT2D eigenvalue weighted by Gasteiger charge is 2.31. The number of esters is 1. The summed E-state index contributed by atoms with van der Waals surface area (Å²) in [6.07, 6.45) is 3.52. The van der Waals surface area contributed by atoms with Crippen molar-refractivity contribution in [3.8, 4) is 0 Å². The monoisotopic (exact) mass is 293 g/mol. The topological polar surface area (TPSA) is 92.6 Å². The molecule has 0 spiro atoms. The average Bonchev–Trinajstić information content (AvgIpc) is 3.23. The van der Waals surface area contributed by atoms with Gasteiger partial charge in [-0.2, -0.15) is 0 Å². The third kappa shape index (κ3) is 3.90. The highest BCUT2D eigenvalue weighted by molar-refractivity contribution is 5.90. The van der Waals surface area contributed by atoms with Gasteiger partial charge in [-0.15, -0.1) is 0 Å². The first-order chi connectivity index (χ1) is 10.0. The molecule has 1 aromatic rings. The normalized spacial score (nSPS) is 13.8. The second-order valence-corrected chi connectivity index (χ2v) is 4.96. The minimum Gasteiger partial charge on any atom is -0.481 e. The maximum absolute atomic E-state index is 11.7. The molecule has 1 fully saturated rings. The molecule has 1 heterocycles. The Bertz CT molecular complexity index is 543. The molecule has 21 heavy (non-hydrogen) atoms. The van der Waals surface area contributed by atoms with E-state index in [1.165, 1.54) is 6.20 Å². The number of nitrogens with zero attached hydrogens (tertiary/aromatic N) is 3. The number of aromatic nitrogens is 2. The number of carbonyl (C=O) groups is 2. The van der Waals surface area contributed by atoms with E-state index in [-0.39, 0.29) is 6.42 Å². The van der Waals surface area contributed by atoms with Crippen LogP contribution in [0.25, 0.3) is 0 Å². The number of ether oxygens (including phenoxy) is 1. The number of carboxylic acids is 1. The van der Waals surface area contributed by atoms with Crippen LogP contribution < -0.4 is 4.90 Å². The van der Waals surface area contributed by atoms with Gasteiger partial charge < -0.3 is 14.7 Å². The maximum atomic E-state index is 11.7. The zero-order valence-corrected chi connectivity index (χ0v) is 12.2. The van der Waals surface area contributed by atoms with Gasteiger partial charge in [-0.05, 0) is 26.7 Å². The van der Waals surface area contributed by atoms with E-state index in [9.17, 15) is 9.59 Å². The van der Waals surface area contributed by atoms with E-state index in [4.69, 9.17) is 9.84 Å². The highest BCUT2D eigenvalue weighted by atomic mass is 16.5. The van der Waals surface area contributed by atoms with Crippen LogP contribution in [-0.2, 0) is 9.53 Å². The fraction of sp³-hybridized carbons (Fsp3) is 0.571. The van der Waals surface area contributed by atoms with Crippen molar-refractivity contribution in [1.29, 1.82) is 0 Å². The molecule has 7 heteroatoms. The first-order valence-electron chi connectivity index (χ1n) is 7.02. The number of rotatable bonds is 7. The van der Waals surface area contributed by atoms with Crippen molar-refractivity contribution >= 4 is 17.9 Å². The molecule has 0 saturated heterocycles. The largest absolute Gasteiger partial charge is 0.481 e. The molecule has 0 radical (unpaired) electrons.